The molecule has 1 unspecified atom stereocenters. The second-order valence-corrected chi connectivity index (χ2v) is 4.96. The molecule has 0 amide bonds. The van der Waals surface area contributed by atoms with Gasteiger partial charge in [0.2, 0.25) is 0 Å². The Morgan fingerprint density at radius 3 is 2.68 bits per heavy atom. The molecule has 1 atom stereocenters. The Kier molecular flexibility index (Phi) is 7.71. The minimum Gasteiger partial charge on any atom is -0.492 e. The molecule has 2 rings (SSSR count). The van der Waals surface area contributed by atoms with Gasteiger partial charge in [-0.2, -0.15) is 0 Å². The first kappa shape index (κ1) is 18.3. The fraction of sp³-hybridized carbons (Fsp3) is 0.353. The van der Waals surface area contributed by atoms with Gasteiger partial charge in [-0.05, 0) is 17.9 Å². The summed E-state index contributed by atoms with van der Waals surface area (Å²) in [7, 11) is 0. The molecule has 0 aliphatic rings. The minimum absolute atomic E-state index is 0. The van der Waals surface area contributed by atoms with Gasteiger partial charge >= 0.3 is 5.97 Å². The molecule has 22 heavy (non-hydrogen) atoms. The summed E-state index contributed by atoms with van der Waals surface area (Å²) in [6, 6.07) is 13.5. The van der Waals surface area contributed by atoms with Gasteiger partial charge < -0.3 is 15.2 Å². The lowest BCUT2D eigenvalue weighted by atomic mass is 10.1. The minimum atomic E-state index is -0.804. The van der Waals surface area contributed by atoms with Crippen molar-refractivity contribution in [1.29, 1.82) is 0 Å². The highest BCUT2D eigenvalue weighted by atomic mass is 35.5. The fourth-order valence-electron chi connectivity index (χ4n) is 2.32. The van der Waals surface area contributed by atoms with Crippen molar-refractivity contribution in [1.82, 2.24) is 5.32 Å². The number of halogens is 1. The molecule has 0 spiro atoms. The summed E-state index contributed by atoms with van der Waals surface area (Å²) in [6.07, 6.45) is 1.47. The third-order valence-corrected chi connectivity index (χ3v) is 3.38. The van der Waals surface area contributed by atoms with E-state index >= 15 is 0 Å². The van der Waals surface area contributed by atoms with E-state index in [2.05, 4.69) is 5.32 Å². The van der Waals surface area contributed by atoms with Crippen LogP contribution < -0.4 is 10.1 Å². The number of fused-ring (bicyclic) bond motifs is 1. The highest BCUT2D eigenvalue weighted by Gasteiger charge is 2.14. The van der Waals surface area contributed by atoms with Gasteiger partial charge in [0.05, 0.1) is 0 Å². The summed E-state index contributed by atoms with van der Waals surface area (Å²) in [6.45, 7) is 2.94. The normalized spacial score (nSPS) is 11.7. The third kappa shape index (κ3) is 4.90. The van der Waals surface area contributed by atoms with E-state index in [1.54, 1.807) is 0 Å². The van der Waals surface area contributed by atoms with E-state index in [0.29, 0.717) is 19.6 Å². The van der Waals surface area contributed by atoms with Crippen LogP contribution in [0, 0.1) is 0 Å². The monoisotopic (exact) mass is 323 g/mol. The first-order chi connectivity index (χ1) is 10.2. The summed E-state index contributed by atoms with van der Waals surface area (Å²) < 4.78 is 5.77. The number of carbonyl (C=O) groups is 1. The SMILES string of the molecule is CCCC(NCCOc1cccc2ccccc12)C(=O)O.Cl. The number of ether oxygens (including phenoxy) is 1. The molecular formula is C17H22ClNO3. The van der Waals surface area contributed by atoms with Crippen LogP contribution in [0.1, 0.15) is 19.8 Å². The summed E-state index contributed by atoms with van der Waals surface area (Å²) in [5.41, 5.74) is 0. The van der Waals surface area contributed by atoms with Crippen LogP contribution in [0.4, 0.5) is 0 Å². The van der Waals surface area contributed by atoms with Gasteiger partial charge in [0.25, 0.3) is 0 Å². The molecule has 0 fully saturated rings. The molecule has 0 saturated carbocycles. The largest absolute Gasteiger partial charge is 0.492 e. The van der Waals surface area contributed by atoms with Crippen molar-refractivity contribution in [3.8, 4) is 5.75 Å². The predicted octanol–water partition coefficient (Wildman–Crippen LogP) is 3.48. The zero-order valence-electron chi connectivity index (χ0n) is 12.6. The summed E-state index contributed by atoms with van der Waals surface area (Å²) in [5.74, 6) is 0.0271. The number of nitrogens with one attached hydrogen (secondary N) is 1. The molecule has 0 aliphatic heterocycles. The zero-order valence-corrected chi connectivity index (χ0v) is 13.4. The van der Waals surface area contributed by atoms with Crippen LogP contribution in [0.5, 0.6) is 5.75 Å². The Morgan fingerprint density at radius 2 is 1.95 bits per heavy atom. The van der Waals surface area contributed by atoms with Crippen LogP contribution in [0.25, 0.3) is 10.8 Å². The molecule has 0 aromatic heterocycles. The Hall–Kier alpha value is -1.78. The Morgan fingerprint density at radius 1 is 1.23 bits per heavy atom. The Bertz CT molecular complexity index is 598. The molecule has 2 aromatic carbocycles. The van der Waals surface area contributed by atoms with Gasteiger partial charge in [0.15, 0.2) is 0 Å². The van der Waals surface area contributed by atoms with Crippen LogP contribution in [0.2, 0.25) is 0 Å². The van der Waals surface area contributed by atoms with Crippen molar-refractivity contribution in [2.45, 2.75) is 25.8 Å². The third-order valence-electron chi connectivity index (χ3n) is 3.38. The van der Waals surface area contributed by atoms with Crippen molar-refractivity contribution >= 4 is 29.1 Å². The summed E-state index contributed by atoms with van der Waals surface area (Å²) >= 11 is 0. The van der Waals surface area contributed by atoms with E-state index < -0.39 is 12.0 Å². The fourth-order valence-corrected chi connectivity index (χ4v) is 2.32. The second kappa shape index (κ2) is 9.28. The number of aliphatic carboxylic acids is 1. The van der Waals surface area contributed by atoms with E-state index in [1.807, 2.05) is 49.4 Å². The number of carboxylic acid groups (broad SMARTS) is 1. The van der Waals surface area contributed by atoms with E-state index in [9.17, 15) is 4.79 Å². The molecule has 5 heteroatoms. The zero-order chi connectivity index (χ0) is 15.1. The summed E-state index contributed by atoms with van der Waals surface area (Å²) in [5, 5.41) is 14.3. The molecule has 2 N–H and O–H groups in total. The Labute approximate surface area is 136 Å². The number of benzene rings is 2. The van der Waals surface area contributed by atoms with E-state index in [-0.39, 0.29) is 12.4 Å². The van der Waals surface area contributed by atoms with Crippen molar-refractivity contribution in [3.63, 3.8) is 0 Å². The summed E-state index contributed by atoms with van der Waals surface area (Å²) in [4.78, 5) is 11.0. The maximum Gasteiger partial charge on any atom is 0.320 e. The Balaban J connectivity index is 0.00000242. The average molecular weight is 324 g/mol. The van der Waals surface area contributed by atoms with Gasteiger partial charge in [-0.3, -0.25) is 4.79 Å². The molecular weight excluding hydrogens is 302 g/mol. The first-order valence-electron chi connectivity index (χ1n) is 7.29. The van der Waals surface area contributed by atoms with Gasteiger partial charge in [0, 0.05) is 11.9 Å². The highest BCUT2D eigenvalue weighted by Crippen LogP contribution is 2.24. The van der Waals surface area contributed by atoms with Gasteiger partial charge in [-0.15, -0.1) is 12.4 Å². The molecule has 120 valence electrons. The molecule has 4 nitrogen and oxygen atoms in total. The van der Waals surface area contributed by atoms with Crippen LogP contribution >= 0.6 is 12.4 Å². The number of rotatable bonds is 8. The van der Waals surface area contributed by atoms with E-state index in [1.165, 1.54) is 0 Å². The average Bonchev–Trinajstić information content (AvgIpc) is 2.50. The molecule has 0 saturated heterocycles. The van der Waals surface area contributed by atoms with Crippen LogP contribution in [0.3, 0.4) is 0 Å². The van der Waals surface area contributed by atoms with Crippen molar-refractivity contribution < 1.29 is 14.6 Å². The van der Waals surface area contributed by atoms with Crippen LogP contribution in [-0.2, 0) is 4.79 Å². The lowest BCUT2D eigenvalue weighted by Crippen LogP contribution is -2.38. The standard InChI is InChI=1S/C17H21NO3.ClH/c1-2-6-15(17(19)20)18-11-12-21-16-10-5-8-13-7-3-4-9-14(13)16;/h3-5,7-10,15,18H,2,6,11-12H2,1H3,(H,19,20);1H. The van der Waals surface area contributed by atoms with Crippen molar-refractivity contribution in [2.75, 3.05) is 13.2 Å². The number of hydrogen-bond donors (Lipinski definition) is 2. The van der Waals surface area contributed by atoms with Crippen LogP contribution in [0.15, 0.2) is 42.5 Å². The molecule has 0 heterocycles. The lowest BCUT2D eigenvalue weighted by Gasteiger charge is -2.14. The molecule has 0 radical (unpaired) electrons. The molecule has 2 aromatic rings. The topological polar surface area (TPSA) is 58.6 Å². The second-order valence-electron chi connectivity index (χ2n) is 4.96. The van der Waals surface area contributed by atoms with Gasteiger partial charge in [-0.1, -0.05) is 49.7 Å². The molecule has 0 aliphatic carbocycles. The van der Waals surface area contributed by atoms with Crippen molar-refractivity contribution in [3.05, 3.63) is 42.5 Å². The number of carboxylic acids is 1. The van der Waals surface area contributed by atoms with Crippen LogP contribution in [-0.4, -0.2) is 30.3 Å². The maximum atomic E-state index is 11.0. The smallest absolute Gasteiger partial charge is 0.320 e. The maximum absolute atomic E-state index is 11.0. The molecule has 0 bridgehead atoms. The number of hydrogen-bond acceptors (Lipinski definition) is 3. The lowest BCUT2D eigenvalue weighted by molar-refractivity contribution is -0.139. The highest BCUT2D eigenvalue weighted by molar-refractivity contribution is 5.88. The van der Waals surface area contributed by atoms with Gasteiger partial charge in [0.1, 0.15) is 18.4 Å². The quantitative estimate of drug-likeness (QED) is 0.730. The predicted molar refractivity (Wildman–Crippen MR) is 91.0 cm³/mol. The van der Waals surface area contributed by atoms with Gasteiger partial charge in [-0.25, -0.2) is 0 Å². The first-order valence-corrected chi connectivity index (χ1v) is 7.29. The van der Waals surface area contributed by atoms with E-state index in [4.69, 9.17) is 9.84 Å². The van der Waals surface area contributed by atoms with Crippen molar-refractivity contribution in [2.24, 2.45) is 0 Å². The van der Waals surface area contributed by atoms with E-state index in [0.717, 1.165) is 22.9 Å².